The number of nitrogens with one attached hydrogen (secondary N) is 1. The summed E-state index contributed by atoms with van der Waals surface area (Å²) >= 11 is 0. The van der Waals surface area contributed by atoms with Crippen molar-refractivity contribution in [3.63, 3.8) is 0 Å². The molecule has 72 valence electrons. The van der Waals surface area contributed by atoms with Crippen molar-refractivity contribution in [1.29, 1.82) is 0 Å². The van der Waals surface area contributed by atoms with E-state index in [0.717, 1.165) is 19.3 Å². The summed E-state index contributed by atoms with van der Waals surface area (Å²) in [6.45, 7) is 6.27. The van der Waals surface area contributed by atoms with E-state index in [1.165, 1.54) is 6.42 Å². The van der Waals surface area contributed by atoms with Gasteiger partial charge in [-0.25, -0.2) is 4.39 Å². The minimum Gasteiger partial charge on any atom is -0.306 e. The molecule has 0 radical (unpaired) electrons. The number of hydrogen-bond donors (Lipinski definition) is 1. The van der Waals surface area contributed by atoms with Gasteiger partial charge in [0.05, 0.1) is 0 Å². The molecule has 0 spiro atoms. The third-order valence-electron chi connectivity index (χ3n) is 2.30. The summed E-state index contributed by atoms with van der Waals surface area (Å²) in [4.78, 5) is 0. The first-order chi connectivity index (χ1) is 5.49. The zero-order chi connectivity index (χ0) is 9.19. The van der Waals surface area contributed by atoms with Crippen LogP contribution in [0, 0.1) is 0 Å². The lowest BCUT2D eigenvalue weighted by molar-refractivity contribution is 0.164. The molecule has 2 heteroatoms. The Balaban J connectivity index is 2.39. The molecule has 1 rings (SSSR count). The Labute approximate surface area is 74.7 Å². The van der Waals surface area contributed by atoms with Crippen LogP contribution < -0.4 is 5.32 Å². The van der Waals surface area contributed by atoms with Gasteiger partial charge in [0.2, 0.25) is 0 Å². The molecule has 1 aliphatic carbocycles. The quantitative estimate of drug-likeness (QED) is 0.643. The van der Waals surface area contributed by atoms with Gasteiger partial charge in [0, 0.05) is 11.6 Å². The molecule has 0 aromatic rings. The summed E-state index contributed by atoms with van der Waals surface area (Å²) in [7, 11) is 0. The maximum absolute atomic E-state index is 13.3. The van der Waals surface area contributed by atoms with Gasteiger partial charge >= 0.3 is 0 Å². The summed E-state index contributed by atoms with van der Waals surface area (Å²) in [6.07, 6.45) is 3.35. The zero-order valence-electron chi connectivity index (χ0n) is 8.36. The minimum absolute atomic E-state index is 0.0480. The first-order valence-electron chi connectivity index (χ1n) is 4.91. The monoisotopic (exact) mass is 173 g/mol. The van der Waals surface area contributed by atoms with E-state index in [1.54, 1.807) is 0 Å². The molecule has 12 heavy (non-hydrogen) atoms. The second-order valence-corrected chi connectivity index (χ2v) is 4.80. The third kappa shape index (κ3) is 3.10. The average molecular weight is 173 g/mol. The van der Waals surface area contributed by atoms with Gasteiger partial charge in [0.1, 0.15) is 6.17 Å². The predicted molar refractivity (Wildman–Crippen MR) is 50.0 cm³/mol. The van der Waals surface area contributed by atoms with Crippen molar-refractivity contribution in [2.45, 2.75) is 64.2 Å². The van der Waals surface area contributed by atoms with Crippen molar-refractivity contribution in [2.24, 2.45) is 0 Å². The van der Waals surface area contributed by atoms with Crippen LogP contribution in [0.15, 0.2) is 0 Å². The van der Waals surface area contributed by atoms with Gasteiger partial charge in [-0.3, -0.25) is 0 Å². The highest BCUT2D eigenvalue weighted by molar-refractivity contribution is 4.85. The molecular weight excluding hydrogens is 153 g/mol. The van der Waals surface area contributed by atoms with E-state index in [2.05, 4.69) is 26.1 Å². The summed E-state index contributed by atoms with van der Waals surface area (Å²) < 4.78 is 13.3. The molecule has 0 bridgehead atoms. The molecule has 1 fully saturated rings. The fourth-order valence-electron chi connectivity index (χ4n) is 1.80. The molecule has 1 nitrogen and oxygen atoms in total. The smallest absolute Gasteiger partial charge is 0.115 e. The van der Waals surface area contributed by atoms with Crippen LogP contribution in [0.2, 0.25) is 0 Å². The van der Waals surface area contributed by atoms with Crippen LogP contribution in [0.25, 0.3) is 0 Å². The number of alkyl halides is 1. The van der Waals surface area contributed by atoms with Gasteiger partial charge in [-0.2, -0.15) is 0 Å². The molecule has 1 saturated carbocycles. The van der Waals surface area contributed by atoms with Gasteiger partial charge in [0.25, 0.3) is 0 Å². The molecule has 1 N–H and O–H groups in total. The summed E-state index contributed by atoms with van der Waals surface area (Å²) in [6, 6.07) is 0.0961. The standard InChI is InChI=1S/C10H20FN/c1-10(2,3)12-9-7-5-4-6-8(9)11/h8-9,12H,4-7H2,1-3H3. The van der Waals surface area contributed by atoms with E-state index in [0.29, 0.717) is 0 Å². The van der Waals surface area contributed by atoms with Crippen LogP contribution in [0.4, 0.5) is 4.39 Å². The second kappa shape index (κ2) is 3.73. The highest BCUT2D eigenvalue weighted by Gasteiger charge is 2.27. The molecule has 2 unspecified atom stereocenters. The maximum Gasteiger partial charge on any atom is 0.115 e. The largest absolute Gasteiger partial charge is 0.306 e. The van der Waals surface area contributed by atoms with E-state index in [1.807, 2.05) is 0 Å². The fraction of sp³-hybridized carbons (Fsp3) is 1.00. The highest BCUT2D eigenvalue weighted by Crippen LogP contribution is 2.22. The maximum atomic E-state index is 13.3. The first kappa shape index (κ1) is 9.97. The number of halogens is 1. The van der Waals surface area contributed by atoms with Gasteiger partial charge in [-0.05, 0) is 33.6 Å². The lowest BCUT2D eigenvalue weighted by Crippen LogP contribution is -2.49. The Bertz CT molecular complexity index is 139. The minimum atomic E-state index is -0.627. The van der Waals surface area contributed by atoms with Gasteiger partial charge in [-0.1, -0.05) is 12.8 Å². The van der Waals surface area contributed by atoms with Crippen LogP contribution in [0.1, 0.15) is 46.5 Å². The first-order valence-corrected chi connectivity index (χ1v) is 4.91. The number of rotatable bonds is 1. The van der Waals surface area contributed by atoms with E-state index in [4.69, 9.17) is 0 Å². The Morgan fingerprint density at radius 3 is 2.25 bits per heavy atom. The molecule has 0 heterocycles. The summed E-state index contributed by atoms with van der Waals surface area (Å²) in [5.41, 5.74) is 0.0480. The van der Waals surface area contributed by atoms with Crippen LogP contribution in [0.5, 0.6) is 0 Å². The van der Waals surface area contributed by atoms with Gasteiger partial charge < -0.3 is 5.32 Å². The molecule has 0 saturated heterocycles. The van der Waals surface area contributed by atoms with Crippen molar-refractivity contribution in [3.8, 4) is 0 Å². The van der Waals surface area contributed by atoms with Crippen LogP contribution in [-0.2, 0) is 0 Å². The number of hydrogen-bond acceptors (Lipinski definition) is 1. The Kier molecular flexibility index (Phi) is 3.10. The van der Waals surface area contributed by atoms with E-state index in [-0.39, 0.29) is 11.6 Å². The van der Waals surface area contributed by atoms with E-state index < -0.39 is 6.17 Å². The van der Waals surface area contributed by atoms with Crippen molar-refractivity contribution in [1.82, 2.24) is 5.32 Å². The predicted octanol–water partition coefficient (Wildman–Crippen LogP) is 2.66. The Hall–Kier alpha value is -0.110. The molecule has 0 amide bonds. The normalized spacial score (nSPS) is 32.0. The Morgan fingerprint density at radius 2 is 1.75 bits per heavy atom. The highest BCUT2D eigenvalue weighted by atomic mass is 19.1. The SMILES string of the molecule is CC(C)(C)NC1CCCCC1F. The lowest BCUT2D eigenvalue weighted by Gasteiger charge is -2.33. The topological polar surface area (TPSA) is 12.0 Å². The third-order valence-corrected chi connectivity index (χ3v) is 2.30. The Morgan fingerprint density at radius 1 is 1.17 bits per heavy atom. The van der Waals surface area contributed by atoms with Crippen molar-refractivity contribution < 1.29 is 4.39 Å². The van der Waals surface area contributed by atoms with E-state index in [9.17, 15) is 4.39 Å². The fourth-order valence-corrected chi connectivity index (χ4v) is 1.80. The molecule has 0 aromatic carbocycles. The van der Waals surface area contributed by atoms with Crippen molar-refractivity contribution >= 4 is 0 Å². The van der Waals surface area contributed by atoms with Crippen LogP contribution in [0.3, 0.4) is 0 Å². The summed E-state index contributed by atoms with van der Waals surface area (Å²) in [5.74, 6) is 0. The summed E-state index contributed by atoms with van der Waals surface area (Å²) in [5, 5.41) is 3.33. The van der Waals surface area contributed by atoms with Crippen molar-refractivity contribution in [3.05, 3.63) is 0 Å². The molecule has 2 atom stereocenters. The molecule has 1 aliphatic rings. The molecule has 0 aromatic heterocycles. The van der Waals surface area contributed by atoms with Gasteiger partial charge in [-0.15, -0.1) is 0 Å². The second-order valence-electron chi connectivity index (χ2n) is 4.80. The molecular formula is C10H20FN. The zero-order valence-corrected chi connectivity index (χ0v) is 8.36. The average Bonchev–Trinajstić information content (AvgIpc) is 1.91. The molecule has 0 aliphatic heterocycles. The lowest BCUT2D eigenvalue weighted by atomic mass is 9.91. The van der Waals surface area contributed by atoms with E-state index >= 15 is 0 Å². The van der Waals surface area contributed by atoms with Gasteiger partial charge in [0.15, 0.2) is 0 Å². The van der Waals surface area contributed by atoms with Crippen LogP contribution >= 0.6 is 0 Å². The van der Waals surface area contributed by atoms with Crippen molar-refractivity contribution in [2.75, 3.05) is 0 Å². The van der Waals surface area contributed by atoms with Crippen LogP contribution in [-0.4, -0.2) is 17.8 Å².